The van der Waals surface area contributed by atoms with Crippen molar-refractivity contribution in [2.75, 3.05) is 24.0 Å². The van der Waals surface area contributed by atoms with Gasteiger partial charge in [-0.25, -0.2) is 12.8 Å². The van der Waals surface area contributed by atoms with Crippen molar-refractivity contribution in [2.24, 2.45) is 0 Å². The molecule has 0 radical (unpaired) electrons. The number of amides is 1. The minimum absolute atomic E-state index is 0.0366. The van der Waals surface area contributed by atoms with Crippen LogP contribution in [0.3, 0.4) is 0 Å². The molecule has 150 valence electrons. The van der Waals surface area contributed by atoms with E-state index in [1.165, 1.54) is 12.1 Å². The van der Waals surface area contributed by atoms with E-state index >= 15 is 0 Å². The van der Waals surface area contributed by atoms with Gasteiger partial charge in [0.25, 0.3) is 10.0 Å². The molecule has 1 fully saturated rings. The minimum Gasteiger partial charge on any atom is -0.376 e. The van der Waals surface area contributed by atoms with E-state index < -0.39 is 21.7 Å². The molecule has 6 nitrogen and oxygen atoms in total. The third kappa shape index (κ3) is 4.88. The van der Waals surface area contributed by atoms with Gasteiger partial charge in [0.2, 0.25) is 5.91 Å². The lowest BCUT2D eigenvalue weighted by Crippen LogP contribution is -2.42. The fourth-order valence-corrected chi connectivity index (χ4v) is 4.40. The zero-order valence-corrected chi connectivity index (χ0v) is 16.4. The standard InChI is InChI=1S/C20H23FN2O4S/c1-15-4-8-17(9-5-15)23(14-20(24)22-13-18-3-2-12-27-18)28(25,26)19-10-6-16(21)7-11-19/h4-11,18H,2-3,12-14H2,1H3,(H,22,24)/t18-/m1/s1. The molecule has 28 heavy (non-hydrogen) atoms. The number of benzene rings is 2. The van der Waals surface area contributed by atoms with Gasteiger partial charge < -0.3 is 10.1 Å². The predicted octanol–water partition coefficient (Wildman–Crippen LogP) is 2.62. The fourth-order valence-electron chi connectivity index (χ4n) is 2.98. The molecule has 0 unspecified atom stereocenters. The Balaban J connectivity index is 1.83. The van der Waals surface area contributed by atoms with Crippen LogP contribution in [-0.2, 0) is 19.6 Å². The van der Waals surface area contributed by atoms with Gasteiger partial charge in [-0.3, -0.25) is 9.10 Å². The molecule has 2 aromatic rings. The summed E-state index contributed by atoms with van der Waals surface area (Å²) in [5, 5.41) is 2.74. The Morgan fingerprint density at radius 1 is 1.18 bits per heavy atom. The predicted molar refractivity (Wildman–Crippen MR) is 104 cm³/mol. The topological polar surface area (TPSA) is 75.7 Å². The first kappa shape index (κ1) is 20.3. The molecule has 1 N–H and O–H groups in total. The van der Waals surface area contributed by atoms with E-state index in [4.69, 9.17) is 4.74 Å². The highest BCUT2D eigenvalue weighted by atomic mass is 32.2. The second-order valence-electron chi connectivity index (χ2n) is 6.74. The van der Waals surface area contributed by atoms with Crippen LogP contribution in [0.2, 0.25) is 0 Å². The number of carbonyl (C=O) groups excluding carboxylic acids is 1. The van der Waals surface area contributed by atoms with Gasteiger partial charge in [0.05, 0.1) is 16.7 Å². The van der Waals surface area contributed by atoms with Crippen LogP contribution in [0.1, 0.15) is 18.4 Å². The van der Waals surface area contributed by atoms with Gasteiger partial charge in [-0.05, 0) is 56.2 Å². The molecule has 0 saturated carbocycles. The molecule has 3 rings (SSSR count). The molecule has 8 heteroatoms. The molecule has 0 spiro atoms. The van der Waals surface area contributed by atoms with Gasteiger partial charge in [0, 0.05) is 13.2 Å². The lowest BCUT2D eigenvalue weighted by Gasteiger charge is -2.24. The lowest BCUT2D eigenvalue weighted by molar-refractivity contribution is -0.120. The molecule has 2 aromatic carbocycles. The first-order chi connectivity index (χ1) is 13.4. The van der Waals surface area contributed by atoms with Crippen molar-refractivity contribution in [3.63, 3.8) is 0 Å². The number of rotatable bonds is 7. The number of halogens is 1. The zero-order valence-electron chi connectivity index (χ0n) is 15.6. The Bertz CT molecular complexity index is 908. The van der Waals surface area contributed by atoms with Gasteiger partial charge in [-0.2, -0.15) is 0 Å². The van der Waals surface area contributed by atoms with Crippen LogP contribution in [0.25, 0.3) is 0 Å². The monoisotopic (exact) mass is 406 g/mol. The summed E-state index contributed by atoms with van der Waals surface area (Å²) >= 11 is 0. The summed E-state index contributed by atoms with van der Waals surface area (Å²) in [6.07, 6.45) is 1.79. The van der Waals surface area contributed by atoms with E-state index in [1.807, 2.05) is 6.92 Å². The average molecular weight is 406 g/mol. The van der Waals surface area contributed by atoms with Crippen LogP contribution in [0.5, 0.6) is 0 Å². The quantitative estimate of drug-likeness (QED) is 0.767. The number of anilines is 1. The van der Waals surface area contributed by atoms with Crippen molar-refractivity contribution in [3.05, 3.63) is 59.9 Å². The van der Waals surface area contributed by atoms with E-state index in [0.717, 1.165) is 34.8 Å². The zero-order chi connectivity index (χ0) is 20.1. The van der Waals surface area contributed by atoms with Crippen LogP contribution >= 0.6 is 0 Å². The summed E-state index contributed by atoms with van der Waals surface area (Å²) in [7, 11) is -4.04. The molecule has 1 amide bonds. The van der Waals surface area contributed by atoms with Gasteiger partial charge in [0.1, 0.15) is 12.4 Å². The summed E-state index contributed by atoms with van der Waals surface area (Å²) in [5.41, 5.74) is 1.33. The summed E-state index contributed by atoms with van der Waals surface area (Å²) < 4.78 is 46.0. The summed E-state index contributed by atoms with van der Waals surface area (Å²) in [6.45, 7) is 2.53. The van der Waals surface area contributed by atoms with Crippen LogP contribution in [-0.4, -0.2) is 40.1 Å². The van der Waals surface area contributed by atoms with E-state index in [1.54, 1.807) is 24.3 Å². The minimum atomic E-state index is -4.04. The van der Waals surface area contributed by atoms with E-state index in [2.05, 4.69) is 5.32 Å². The molecular formula is C20H23FN2O4S. The van der Waals surface area contributed by atoms with Crippen molar-refractivity contribution in [1.29, 1.82) is 0 Å². The number of hydrogen-bond donors (Lipinski definition) is 1. The van der Waals surface area contributed by atoms with Crippen molar-refractivity contribution in [3.8, 4) is 0 Å². The smallest absolute Gasteiger partial charge is 0.264 e. The van der Waals surface area contributed by atoms with Crippen LogP contribution < -0.4 is 9.62 Å². The summed E-state index contributed by atoms with van der Waals surface area (Å²) in [6, 6.07) is 11.4. The highest BCUT2D eigenvalue weighted by Crippen LogP contribution is 2.24. The van der Waals surface area contributed by atoms with Gasteiger partial charge in [-0.15, -0.1) is 0 Å². The molecular weight excluding hydrogens is 383 g/mol. The van der Waals surface area contributed by atoms with E-state index in [-0.39, 0.29) is 17.5 Å². The van der Waals surface area contributed by atoms with E-state index in [0.29, 0.717) is 18.8 Å². The molecule has 1 aliphatic rings. The van der Waals surface area contributed by atoms with Crippen molar-refractivity contribution in [2.45, 2.75) is 30.8 Å². The van der Waals surface area contributed by atoms with Crippen LogP contribution in [0.15, 0.2) is 53.4 Å². The van der Waals surface area contributed by atoms with Gasteiger partial charge in [0.15, 0.2) is 0 Å². The Kier molecular flexibility index (Phi) is 6.31. The van der Waals surface area contributed by atoms with Crippen molar-refractivity contribution < 1.29 is 22.3 Å². The van der Waals surface area contributed by atoms with E-state index in [9.17, 15) is 17.6 Å². The first-order valence-corrected chi connectivity index (χ1v) is 10.5. The molecule has 1 saturated heterocycles. The number of sulfonamides is 1. The number of carbonyl (C=O) groups is 1. The second-order valence-corrected chi connectivity index (χ2v) is 8.60. The maximum atomic E-state index is 13.2. The number of nitrogens with one attached hydrogen (secondary N) is 1. The lowest BCUT2D eigenvalue weighted by atomic mass is 10.2. The Labute approximate surface area is 164 Å². The number of nitrogens with zero attached hydrogens (tertiary/aromatic N) is 1. The van der Waals surface area contributed by atoms with Crippen LogP contribution in [0.4, 0.5) is 10.1 Å². The average Bonchev–Trinajstić information content (AvgIpc) is 3.19. The maximum Gasteiger partial charge on any atom is 0.264 e. The molecule has 1 aliphatic heterocycles. The SMILES string of the molecule is Cc1ccc(N(CC(=O)NC[C@H]2CCCO2)S(=O)(=O)c2ccc(F)cc2)cc1. The first-order valence-electron chi connectivity index (χ1n) is 9.09. The second kappa shape index (κ2) is 8.70. The van der Waals surface area contributed by atoms with Crippen LogP contribution in [0, 0.1) is 12.7 Å². The highest BCUT2D eigenvalue weighted by molar-refractivity contribution is 7.92. The molecule has 0 aromatic heterocycles. The maximum absolute atomic E-state index is 13.2. The molecule has 1 heterocycles. The third-order valence-corrected chi connectivity index (χ3v) is 6.35. The fraction of sp³-hybridized carbons (Fsp3) is 0.350. The Hall–Kier alpha value is -2.45. The molecule has 0 bridgehead atoms. The summed E-state index contributed by atoms with van der Waals surface area (Å²) in [5.74, 6) is -0.961. The Morgan fingerprint density at radius 2 is 1.86 bits per heavy atom. The third-order valence-electron chi connectivity index (χ3n) is 4.56. The molecule has 1 atom stereocenters. The Morgan fingerprint density at radius 3 is 2.46 bits per heavy atom. The van der Waals surface area contributed by atoms with Crippen molar-refractivity contribution in [1.82, 2.24) is 5.32 Å². The molecule has 0 aliphatic carbocycles. The van der Waals surface area contributed by atoms with Gasteiger partial charge >= 0.3 is 0 Å². The highest BCUT2D eigenvalue weighted by Gasteiger charge is 2.27. The largest absolute Gasteiger partial charge is 0.376 e. The number of ether oxygens (including phenoxy) is 1. The van der Waals surface area contributed by atoms with Gasteiger partial charge in [-0.1, -0.05) is 17.7 Å². The normalized spacial score (nSPS) is 16.7. The summed E-state index contributed by atoms with van der Waals surface area (Å²) in [4.78, 5) is 12.4. The number of aryl methyl sites for hydroxylation is 1. The van der Waals surface area contributed by atoms with Crippen molar-refractivity contribution >= 4 is 21.6 Å². The number of hydrogen-bond acceptors (Lipinski definition) is 4.